The number of carboxylic acids is 1. The maximum atomic E-state index is 11.0. The fourth-order valence-electron chi connectivity index (χ4n) is 2.10. The molecule has 0 spiro atoms. The second kappa shape index (κ2) is 6.41. The molecule has 2 aromatic carbocycles. The molecular weight excluding hydrogens is 290 g/mol. The molecule has 108 valence electrons. The smallest absolute Gasteiger partial charge is 0.337 e. The molecule has 0 atom stereocenters. The van der Waals surface area contributed by atoms with Crippen LogP contribution in [0.2, 0.25) is 5.02 Å². The Kier molecular flexibility index (Phi) is 4.60. The Labute approximate surface area is 127 Å². The lowest BCUT2D eigenvalue weighted by atomic mass is 9.98. The Morgan fingerprint density at radius 2 is 2.00 bits per heavy atom. The van der Waals surface area contributed by atoms with Gasteiger partial charge in [0.25, 0.3) is 0 Å². The van der Waals surface area contributed by atoms with Gasteiger partial charge in [0.15, 0.2) is 0 Å². The van der Waals surface area contributed by atoms with Crippen molar-refractivity contribution in [2.75, 3.05) is 7.05 Å². The van der Waals surface area contributed by atoms with Crippen LogP contribution < -0.4 is 0 Å². The van der Waals surface area contributed by atoms with Gasteiger partial charge in [-0.2, -0.15) is 0 Å². The normalized spacial score (nSPS) is 10.2. The number of carboxylic acid groups (broad SMARTS) is 1. The molecule has 0 heterocycles. The van der Waals surface area contributed by atoms with Crippen LogP contribution in [-0.4, -0.2) is 29.4 Å². The molecule has 2 rings (SSSR count). The number of carbonyl (C=O) groups is 2. The molecule has 21 heavy (non-hydrogen) atoms. The molecule has 0 aromatic heterocycles. The zero-order valence-electron chi connectivity index (χ0n) is 11.4. The molecular formula is C16H14ClNO3. The SMILES string of the molecule is CN(C=O)Cc1ccccc1-c1ccc(C(=O)O)c(Cl)c1. The molecule has 0 fully saturated rings. The first kappa shape index (κ1) is 15.1. The van der Waals surface area contributed by atoms with Gasteiger partial charge >= 0.3 is 5.97 Å². The standard InChI is InChI=1S/C16H14ClNO3/c1-18(10-19)9-12-4-2-3-5-13(12)11-6-7-14(16(20)21)15(17)8-11/h2-8,10H,9H2,1H3,(H,20,21). The lowest BCUT2D eigenvalue weighted by Gasteiger charge is -2.15. The van der Waals surface area contributed by atoms with E-state index < -0.39 is 5.97 Å². The van der Waals surface area contributed by atoms with E-state index in [1.54, 1.807) is 19.2 Å². The molecule has 4 nitrogen and oxygen atoms in total. The summed E-state index contributed by atoms with van der Waals surface area (Å²) < 4.78 is 0. The van der Waals surface area contributed by atoms with Crippen molar-refractivity contribution in [2.24, 2.45) is 0 Å². The van der Waals surface area contributed by atoms with Crippen LogP contribution in [0.4, 0.5) is 0 Å². The van der Waals surface area contributed by atoms with E-state index in [-0.39, 0.29) is 10.6 Å². The molecule has 0 unspecified atom stereocenters. The zero-order valence-corrected chi connectivity index (χ0v) is 12.2. The number of aromatic carboxylic acids is 1. The first-order chi connectivity index (χ1) is 10.0. The molecule has 1 amide bonds. The van der Waals surface area contributed by atoms with Gasteiger partial charge in [-0.25, -0.2) is 4.79 Å². The zero-order chi connectivity index (χ0) is 15.4. The van der Waals surface area contributed by atoms with Gasteiger partial charge in [0.1, 0.15) is 0 Å². The molecule has 0 radical (unpaired) electrons. The van der Waals surface area contributed by atoms with E-state index in [9.17, 15) is 9.59 Å². The fraction of sp³-hybridized carbons (Fsp3) is 0.125. The Morgan fingerprint density at radius 3 is 2.62 bits per heavy atom. The number of hydrogen-bond donors (Lipinski definition) is 1. The Morgan fingerprint density at radius 1 is 1.29 bits per heavy atom. The minimum atomic E-state index is -1.06. The molecule has 5 heteroatoms. The number of halogens is 1. The van der Waals surface area contributed by atoms with Gasteiger partial charge in [-0.3, -0.25) is 4.79 Å². The quantitative estimate of drug-likeness (QED) is 0.862. The van der Waals surface area contributed by atoms with Gasteiger partial charge in [-0.05, 0) is 28.8 Å². The summed E-state index contributed by atoms with van der Waals surface area (Å²) in [5, 5.41) is 9.20. The summed E-state index contributed by atoms with van der Waals surface area (Å²) in [5.74, 6) is -1.06. The van der Waals surface area contributed by atoms with Gasteiger partial charge in [0.2, 0.25) is 6.41 Å². The topological polar surface area (TPSA) is 57.6 Å². The van der Waals surface area contributed by atoms with Crippen LogP contribution in [0.1, 0.15) is 15.9 Å². The highest BCUT2D eigenvalue weighted by atomic mass is 35.5. The van der Waals surface area contributed by atoms with Crippen molar-refractivity contribution in [3.05, 3.63) is 58.6 Å². The predicted octanol–water partition coefficient (Wildman–Crippen LogP) is 3.29. The van der Waals surface area contributed by atoms with Gasteiger partial charge in [0, 0.05) is 13.6 Å². The van der Waals surface area contributed by atoms with Gasteiger partial charge < -0.3 is 10.0 Å². The van der Waals surface area contributed by atoms with Crippen molar-refractivity contribution < 1.29 is 14.7 Å². The number of nitrogens with zero attached hydrogens (tertiary/aromatic N) is 1. The Hall–Kier alpha value is -2.33. The molecule has 2 aromatic rings. The Balaban J connectivity index is 2.45. The second-order valence-electron chi connectivity index (χ2n) is 4.68. The number of hydrogen-bond acceptors (Lipinski definition) is 2. The van der Waals surface area contributed by atoms with E-state index >= 15 is 0 Å². The molecule has 0 saturated carbocycles. The maximum Gasteiger partial charge on any atom is 0.337 e. The largest absolute Gasteiger partial charge is 0.478 e. The minimum Gasteiger partial charge on any atom is -0.478 e. The molecule has 0 aliphatic rings. The summed E-state index contributed by atoms with van der Waals surface area (Å²) in [5.41, 5.74) is 2.78. The minimum absolute atomic E-state index is 0.0721. The molecule has 0 saturated heterocycles. The summed E-state index contributed by atoms with van der Waals surface area (Å²) in [6.45, 7) is 0.470. The van der Waals surface area contributed by atoms with Crippen molar-refractivity contribution in [3.8, 4) is 11.1 Å². The molecule has 1 N–H and O–H groups in total. The van der Waals surface area contributed by atoms with Crippen molar-refractivity contribution in [3.63, 3.8) is 0 Å². The number of benzene rings is 2. The van der Waals surface area contributed by atoms with Crippen LogP contribution in [0.15, 0.2) is 42.5 Å². The van der Waals surface area contributed by atoms with Crippen LogP contribution in [0.5, 0.6) is 0 Å². The van der Waals surface area contributed by atoms with Crippen LogP contribution in [0, 0.1) is 0 Å². The highest BCUT2D eigenvalue weighted by molar-refractivity contribution is 6.33. The highest BCUT2D eigenvalue weighted by Crippen LogP contribution is 2.28. The van der Waals surface area contributed by atoms with Gasteiger partial charge in [-0.15, -0.1) is 0 Å². The average Bonchev–Trinajstić information content (AvgIpc) is 2.47. The third kappa shape index (κ3) is 3.41. The third-order valence-corrected chi connectivity index (χ3v) is 3.44. The summed E-state index contributed by atoms with van der Waals surface area (Å²) in [7, 11) is 1.70. The maximum absolute atomic E-state index is 11.0. The van der Waals surface area contributed by atoms with E-state index in [4.69, 9.17) is 16.7 Å². The first-order valence-corrected chi connectivity index (χ1v) is 6.67. The van der Waals surface area contributed by atoms with E-state index in [2.05, 4.69) is 0 Å². The highest BCUT2D eigenvalue weighted by Gasteiger charge is 2.12. The number of rotatable bonds is 5. The predicted molar refractivity (Wildman–Crippen MR) is 81.4 cm³/mol. The van der Waals surface area contributed by atoms with Crippen LogP contribution >= 0.6 is 11.6 Å². The first-order valence-electron chi connectivity index (χ1n) is 6.29. The number of amides is 1. The van der Waals surface area contributed by atoms with Gasteiger partial charge in [0.05, 0.1) is 10.6 Å². The van der Waals surface area contributed by atoms with Crippen LogP contribution in [0.25, 0.3) is 11.1 Å². The molecule has 0 aliphatic heterocycles. The number of carbonyl (C=O) groups excluding carboxylic acids is 1. The summed E-state index contributed by atoms with van der Waals surface area (Å²) >= 11 is 6.01. The van der Waals surface area contributed by atoms with E-state index in [1.165, 1.54) is 11.0 Å². The summed E-state index contributed by atoms with van der Waals surface area (Å²) in [4.78, 5) is 23.3. The van der Waals surface area contributed by atoms with Gasteiger partial charge in [-0.1, -0.05) is 41.9 Å². The van der Waals surface area contributed by atoms with Crippen molar-refractivity contribution in [2.45, 2.75) is 6.54 Å². The van der Waals surface area contributed by atoms with E-state index in [0.717, 1.165) is 23.1 Å². The second-order valence-corrected chi connectivity index (χ2v) is 5.08. The Bertz CT molecular complexity index is 685. The van der Waals surface area contributed by atoms with Crippen molar-refractivity contribution in [1.29, 1.82) is 0 Å². The summed E-state index contributed by atoms with van der Waals surface area (Å²) in [6.07, 6.45) is 0.761. The fourth-order valence-corrected chi connectivity index (χ4v) is 2.36. The molecule has 0 bridgehead atoms. The lowest BCUT2D eigenvalue weighted by molar-refractivity contribution is -0.117. The summed E-state index contributed by atoms with van der Waals surface area (Å²) in [6, 6.07) is 12.5. The molecule has 0 aliphatic carbocycles. The van der Waals surface area contributed by atoms with Crippen molar-refractivity contribution >= 4 is 24.0 Å². The monoisotopic (exact) mass is 303 g/mol. The van der Waals surface area contributed by atoms with Crippen LogP contribution in [0.3, 0.4) is 0 Å². The third-order valence-electron chi connectivity index (χ3n) is 3.13. The lowest BCUT2D eigenvalue weighted by Crippen LogP contribution is -2.15. The van der Waals surface area contributed by atoms with Crippen molar-refractivity contribution in [1.82, 2.24) is 4.90 Å². The van der Waals surface area contributed by atoms with E-state index in [1.807, 2.05) is 24.3 Å². The van der Waals surface area contributed by atoms with Crippen LogP contribution in [-0.2, 0) is 11.3 Å². The van der Waals surface area contributed by atoms with E-state index in [0.29, 0.717) is 6.54 Å². The average molecular weight is 304 g/mol.